The molecular weight excluding hydrogens is 250 g/mol. The third-order valence-corrected chi connectivity index (χ3v) is 2.48. The second-order valence-corrected chi connectivity index (χ2v) is 6.05. The second-order valence-electron chi connectivity index (χ2n) is 6.05. The van der Waals surface area contributed by atoms with Gasteiger partial charge in [-0.3, -0.25) is 4.99 Å². The van der Waals surface area contributed by atoms with Gasteiger partial charge in [0.15, 0.2) is 5.96 Å². The minimum Gasteiger partial charge on any atom is -0.488 e. The molecule has 112 valence electrons. The van der Waals surface area contributed by atoms with Crippen molar-refractivity contribution in [3.05, 3.63) is 29.8 Å². The van der Waals surface area contributed by atoms with Crippen LogP contribution in [0.4, 0.5) is 0 Å². The zero-order valence-corrected chi connectivity index (χ0v) is 13.4. The van der Waals surface area contributed by atoms with Crippen LogP contribution in [0, 0.1) is 0 Å². The first-order chi connectivity index (χ1) is 9.31. The quantitative estimate of drug-likeness (QED) is 0.657. The van der Waals surface area contributed by atoms with E-state index in [1.54, 1.807) is 7.05 Å². The molecule has 0 amide bonds. The van der Waals surface area contributed by atoms with Gasteiger partial charge in [-0.1, -0.05) is 18.2 Å². The highest BCUT2D eigenvalue weighted by atomic mass is 16.5. The van der Waals surface area contributed by atoms with E-state index >= 15 is 0 Å². The maximum absolute atomic E-state index is 5.98. The van der Waals surface area contributed by atoms with E-state index < -0.39 is 0 Å². The topological polar surface area (TPSA) is 45.7 Å². The largest absolute Gasteiger partial charge is 0.488 e. The molecule has 0 aliphatic rings. The number of nitrogens with zero attached hydrogens (tertiary/aromatic N) is 1. The van der Waals surface area contributed by atoms with Gasteiger partial charge in [0.05, 0.1) is 0 Å². The molecule has 0 aliphatic carbocycles. The first-order valence-electron chi connectivity index (χ1n) is 7.06. The summed E-state index contributed by atoms with van der Waals surface area (Å²) in [5.74, 6) is 1.71. The van der Waals surface area contributed by atoms with E-state index in [2.05, 4.69) is 56.3 Å². The fraction of sp³-hybridized carbons (Fsp3) is 0.562. The maximum Gasteiger partial charge on any atom is 0.191 e. The molecule has 0 radical (unpaired) electrons. The van der Waals surface area contributed by atoms with Crippen molar-refractivity contribution < 1.29 is 4.74 Å². The summed E-state index contributed by atoms with van der Waals surface area (Å²) in [7, 11) is 1.77. The van der Waals surface area contributed by atoms with E-state index in [1.165, 1.54) is 0 Å². The molecule has 0 unspecified atom stereocenters. The number of guanidine groups is 1. The van der Waals surface area contributed by atoms with Gasteiger partial charge < -0.3 is 15.4 Å². The molecule has 1 aromatic carbocycles. The van der Waals surface area contributed by atoms with Gasteiger partial charge in [0, 0.05) is 25.2 Å². The van der Waals surface area contributed by atoms with Gasteiger partial charge in [-0.15, -0.1) is 0 Å². The number of hydrogen-bond acceptors (Lipinski definition) is 2. The third-order valence-electron chi connectivity index (χ3n) is 2.48. The fourth-order valence-corrected chi connectivity index (χ4v) is 1.73. The van der Waals surface area contributed by atoms with Gasteiger partial charge in [-0.05, 0) is 40.7 Å². The standard InChI is InChI=1S/C16H27N3O/c1-12(2)19-15(17-6)18-11-13-9-7-8-10-14(13)20-16(3,4)5/h7-10,12H,11H2,1-6H3,(H2,17,18,19). The zero-order valence-electron chi connectivity index (χ0n) is 13.4. The Bertz CT molecular complexity index is 447. The lowest BCUT2D eigenvalue weighted by Gasteiger charge is -2.23. The molecule has 1 rings (SSSR count). The lowest BCUT2D eigenvalue weighted by molar-refractivity contribution is 0.129. The molecule has 4 heteroatoms. The van der Waals surface area contributed by atoms with E-state index in [4.69, 9.17) is 4.74 Å². The molecule has 0 heterocycles. The number of hydrogen-bond donors (Lipinski definition) is 2. The molecule has 0 spiro atoms. The Hall–Kier alpha value is -1.71. The predicted octanol–water partition coefficient (Wildman–Crippen LogP) is 2.94. The molecule has 0 aromatic heterocycles. The van der Waals surface area contributed by atoms with Gasteiger partial charge in [0.1, 0.15) is 11.4 Å². The van der Waals surface area contributed by atoms with Crippen molar-refractivity contribution in [3.8, 4) is 5.75 Å². The Morgan fingerprint density at radius 3 is 2.45 bits per heavy atom. The molecule has 0 bridgehead atoms. The van der Waals surface area contributed by atoms with Crippen molar-refractivity contribution in [1.29, 1.82) is 0 Å². The second kappa shape index (κ2) is 7.17. The minimum atomic E-state index is -0.200. The van der Waals surface area contributed by atoms with Crippen molar-refractivity contribution in [2.24, 2.45) is 4.99 Å². The van der Waals surface area contributed by atoms with Crippen LogP contribution < -0.4 is 15.4 Å². The highest BCUT2D eigenvalue weighted by Crippen LogP contribution is 2.22. The summed E-state index contributed by atoms with van der Waals surface area (Å²) >= 11 is 0. The summed E-state index contributed by atoms with van der Waals surface area (Å²) in [6.07, 6.45) is 0. The smallest absolute Gasteiger partial charge is 0.191 e. The average molecular weight is 277 g/mol. The van der Waals surface area contributed by atoms with Gasteiger partial charge in [-0.25, -0.2) is 0 Å². The van der Waals surface area contributed by atoms with E-state index in [0.717, 1.165) is 17.3 Å². The Kier molecular flexibility index (Phi) is 5.86. The van der Waals surface area contributed by atoms with Gasteiger partial charge in [0.2, 0.25) is 0 Å². The highest BCUT2D eigenvalue weighted by molar-refractivity contribution is 5.79. The van der Waals surface area contributed by atoms with Crippen LogP contribution >= 0.6 is 0 Å². The number of rotatable bonds is 4. The molecule has 2 N–H and O–H groups in total. The summed E-state index contributed by atoms with van der Waals surface area (Å²) < 4.78 is 5.98. The van der Waals surface area contributed by atoms with E-state index in [-0.39, 0.29) is 5.60 Å². The summed E-state index contributed by atoms with van der Waals surface area (Å²) in [5, 5.41) is 6.57. The Morgan fingerprint density at radius 2 is 1.90 bits per heavy atom. The van der Waals surface area contributed by atoms with Crippen LogP contribution in [-0.2, 0) is 6.54 Å². The Morgan fingerprint density at radius 1 is 1.25 bits per heavy atom. The third kappa shape index (κ3) is 5.95. The van der Waals surface area contributed by atoms with Crippen LogP contribution in [0.15, 0.2) is 29.3 Å². The summed E-state index contributed by atoms with van der Waals surface area (Å²) in [5.41, 5.74) is 0.919. The monoisotopic (exact) mass is 277 g/mol. The van der Waals surface area contributed by atoms with Gasteiger partial charge in [0.25, 0.3) is 0 Å². The molecular formula is C16H27N3O. The van der Waals surface area contributed by atoms with Crippen LogP contribution in [0.5, 0.6) is 5.75 Å². The highest BCUT2D eigenvalue weighted by Gasteiger charge is 2.14. The molecule has 0 saturated carbocycles. The van der Waals surface area contributed by atoms with Crippen molar-refractivity contribution in [3.63, 3.8) is 0 Å². The van der Waals surface area contributed by atoms with Crippen LogP contribution in [0.3, 0.4) is 0 Å². The number of aliphatic imine (C=N–C) groups is 1. The average Bonchev–Trinajstić information content (AvgIpc) is 2.33. The summed E-state index contributed by atoms with van der Waals surface area (Å²) in [6.45, 7) is 11.0. The Labute approximate surface area is 122 Å². The summed E-state index contributed by atoms with van der Waals surface area (Å²) in [6, 6.07) is 8.43. The normalized spacial score (nSPS) is 12.4. The van der Waals surface area contributed by atoms with Crippen LogP contribution in [0.1, 0.15) is 40.2 Å². The summed E-state index contributed by atoms with van der Waals surface area (Å²) in [4.78, 5) is 4.20. The lowest BCUT2D eigenvalue weighted by atomic mass is 10.1. The first-order valence-corrected chi connectivity index (χ1v) is 7.06. The molecule has 20 heavy (non-hydrogen) atoms. The maximum atomic E-state index is 5.98. The van der Waals surface area contributed by atoms with Crippen molar-refractivity contribution in [2.75, 3.05) is 7.05 Å². The SMILES string of the molecule is CN=C(NCc1ccccc1OC(C)(C)C)NC(C)C. The van der Waals surface area contributed by atoms with E-state index in [0.29, 0.717) is 12.6 Å². The first kappa shape index (κ1) is 16.3. The van der Waals surface area contributed by atoms with E-state index in [1.807, 2.05) is 18.2 Å². The molecule has 1 aromatic rings. The van der Waals surface area contributed by atoms with Crippen molar-refractivity contribution in [1.82, 2.24) is 10.6 Å². The van der Waals surface area contributed by atoms with Gasteiger partial charge in [-0.2, -0.15) is 0 Å². The van der Waals surface area contributed by atoms with E-state index in [9.17, 15) is 0 Å². The number of nitrogens with one attached hydrogen (secondary N) is 2. The molecule has 4 nitrogen and oxygen atoms in total. The van der Waals surface area contributed by atoms with Crippen molar-refractivity contribution in [2.45, 2.75) is 52.8 Å². The Balaban J connectivity index is 2.73. The zero-order chi connectivity index (χ0) is 15.2. The fourth-order valence-electron chi connectivity index (χ4n) is 1.73. The molecule has 0 fully saturated rings. The van der Waals surface area contributed by atoms with Crippen molar-refractivity contribution >= 4 is 5.96 Å². The molecule has 0 atom stereocenters. The van der Waals surface area contributed by atoms with Crippen LogP contribution in [-0.4, -0.2) is 24.7 Å². The minimum absolute atomic E-state index is 0.200. The van der Waals surface area contributed by atoms with Crippen LogP contribution in [0.2, 0.25) is 0 Å². The molecule has 0 saturated heterocycles. The van der Waals surface area contributed by atoms with Crippen LogP contribution in [0.25, 0.3) is 0 Å². The molecule has 0 aliphatic heterocycles. The number of para-hydroxylation sites is 1. The lowest BCUT2D eigenvalue weighted by Crippen LogP contribution is -2.40. The number of benzene rings is 1. The number of ether oxygens (including phenoxy) is 1. The predicted molar refractivity (Wildman–Crippen MR) is 85.3 cm³/mol. The van der Waals surface area contributed by atoms with Gasteiger partial charge >= 0.3 is 0 Å².